The van der Waals surface area contributed by atoms with E-state index in [1.54, 1.807) is 7.11 Å². The topological polar surface area (TPSA) is 53.6 Å². The maximum absolute atomic E-state index is 11.4. The average Bonchev–Trinajstić information content (AvgIpc) is 2.37. The quantitative estimate of drug-likeness (QED) is 0.736. The summed E-state index contributed by atoms with van der Waals surface area (Å²) in [7, 11) is 1.59. The lowest BCUT2D eigenvalue weighted by molar-refractivity contribution is -0.120. The number of para-hydroxylation sites is 1. The number of piperazine rings is 1. The molecule has 1 aromatic rings. The normalized spacial score (nSPS) is 15.8. The van der Waals surface area contributed by atoms with Crippen LogP contribution in [0.5, 0.6) is 0 Å². The summed E-state index contributed by atoms with van der Waals surface area (Å²) in [6, 6.07) is 8.04. The van der Waals surface area contributed by atoms with Gasteiger partial charge in [-0.15, -0.1) is 0 Å². The first-order chi connectivity index (χ1) is 8.31. The molecule has 2 rings (SSSR count). The van der Waals surface area contributed by atoms with Gasteiger partial charge in [-0.1, -0.05) is 18.2 Å². The fourth-order valence-electron chi connectivity index (χ4n) is 1.96. The molecule has 2 N–H and O–H groups in total. The lowest BCUT2D eigenvalue weighted by Crippen LogP contribution is -2.48. The number of carbonyl (C=O) groups is 1. The number of hydrogen-bond donors (Lipinski definition) is 2. The molecule has 0 saturated carbocycles. The fraction of sp³-hybridized carbons (Fsp3) is 0.417. The molecule has 0 bridgehead atoms. The second kappa shape index (κ2) is 5.65. The third kappa shape index (κ3) is 2.95. The molecule has 0 spiro atoms. The van der Waals surface area contributed by atoms with Gasteiger partial charge in [-0.05, 0) is 11.6 Å². The van der Waals surface area contributed by atoms with Crippen LogP contribution in [0.25, 0.3) is 0 Å². The summed E-state index contributed by atoms with van der Waals surface area (Å²) in [6.45, 7) is 2.59. The van der Waals surface area contributed by atoms with E-state index in [-0.39, 0.29) is 5.91 Å². The van der Waals surface area contributed by atoms with Crippen LogP contribution in [0.3, 0.4) is 0 Å². The van der Waals surface area contributed by atoms with Gasteiger partial charge in [0.15, 0.2) is 0 Å². The Hall–Kier alpha value is -1.59. The molecule has 1 aromatic carbocycles. The average molecular weight is 235 g/mol. The SMILES string of the molecule is CONCc1ccccc1N1CCNC(=O)C1. The third-order valence-electron chi connectivity index (χ3n) is 2.78. The van der Waals surface area contributed by atoms with Gasteiger partial charge in [0.05, 0.1) is 13.7 Å². The summed E-state index contributed by atoms with van der Waals surface area (Å²) in [5, 5.41) is 2.82. The van der Waals surface area contributed by atoms with E-state index in [9.17, 15) is 4.79 Å². The van der Waals surface area contributed by atoms with Gasteiger partial charge in [0.25, 0.3) is 0 Å². The van der Waals surface area contributed by atoms with Crippen LogP contribution in [-0.4, -0.2) is 32.7 Å². The maximum atomic E-state index is 11.4. The third-order valence-corrected chi connectivity index (χ3v) is 2.78. The Balaban J connectivity index is 2.15. The molecule has 17 heavy (non-hydrogen) atoms. The van der Waals surface area contributed by atoms with Crippen molar-refractivity contribution in [3.05, 3.63) is 29.8 Å². The first kappa shape index (κ1) is 11.9. The Morgan fingerprint density at radius 1 is 1.47 bits per heavy atom. The van der Waals surface area contributed by atoms with Crippen LogP contribution in [-0.2, 0) is 16.2 Å². The highest BCUT2D eigenvalue weighted by molar-refractivity contribution is 5.82. The van der Waals surface area contributed by atoms with Crippen molar-refractivity contribution >= 4 is 11.6 Å². The Labute approximate surface area is 101 Å². The summed E-state index contributed by atoms with van der Waals surface area (Å²) in [4.78, 5) is 18.3. The Kier molecular flexibility index (Phi) is 3.95. The maximum Gasteiger partial charge on any atom is 0.239 e. The van der Waals surface area contributed by atoms with Crippen molar-refractivity contribution in [3.8, 4) is 0 Å². The summed E-state index contributed by atoms with van der Waals surface area (Å²) in [6.07, 6.45) is 0. The van der Waals surface area contributed by atoms with E-state index < -0.39 is 0 Å². The molecule has 5 heteroatoms. The van der Waals surface area contributed by atoms with E-state index in [1.165, 1.54) is 0 Å². The monoisotopic (exact) mass is 235 g/mol. The highest BCUT2D eigenvalue weighted by Crippen LogP contribution is 2.20. The van der Waals surface area contributed by atoms with Gasteiger partial charge in [0.1, 0.15) is 0 Å². The fourth-order valence-corrected chi connectivity index (χ4v) is 1.96. The zero-order chi connectivity index (χ0) is 12.1. The number of amides is 1. The number of nitrogens with zero attached hydrogens (tertiary/aromatic N) is 1. The van der Waals surface area contributed by atoms with Crippen LogP contribution in [0.2, 0.25) is 0 Å². The van der Waals surface area contributed by atoms with Gasteiger partial charge in [0, 0.05) is 25.3 Å². The van der Waals surface area contributed by atoms with Gasteiger partial charge in [0.2, 0.25) is 5.91 Å². The first-order valence-electron chi connectivity index (χ1n) is 5.66. The number of benzene rings is 1. The van der Waals surface area contributed by atoms with Gasteiger partial charge in [-0.3, -0.25) is 4.79 Å². The van der Waals surface area contributed by atoms with Crippen molar-refractivity contribution in [2.75, 3.05) is 31.6 Å². The predicted octanol–water partition coefficient (Wildman–Crippen LogP) is 0.274. The number of carbonyl (C=O) groups excluding carboxylic acids is 1. The highest BCUT2D eigenvalue weighted by atomic mass is 16.6. The van der Waals surface area contributed by atoms with Crippen LogP contribution in [0.15, 0.2) is 24.3 Å². The molecule has 0 aliphatic carbocycles. The number of hydrogen-bond acceptors (Lipinski definition) is 4. The standard InChI is InChI=1S/C12H17N3O2/c1-17-14-8-10-4-2-3-5-11(10)15-7-6-13-12(16)9-15/h2-5,14H,6-9H2,1H3,(H,13,16). The molecule has 0 radical (unpaired) electrons. The molecule has 1 saturated heterocycles. The number of hydroxylamine groups is 1. The van der Waals surface area contributed by atoms with Crippen molar-refractivity contribution in [1.82, 2.24) is 10.8 Å². The summed E-state index contributed by atoms with van der Waals surface area (Å²) in [5.74, 6) is 0.0748. The summed E-state index contributed by atoms with van der Waals surface area (Å²) < 4.78 is 0. The second-order valence-corrected chi connectivity index (χ2v) is 3.93. The van der Waals surface area contributed by atoms with E-state index >= 15 is 0 Å². The van der Waals surface area contributed by atoms with Gasteiger partial charge in [-0.25, -0.2) is 0 Å². The zero-order valence-corrected chi connectivity index (χ0v) is 9.90. The molecule has 0 aromatic heterocycles. The van der Waals surface area contributed by atoms with Gasteiger partial charge < -0.3 is 15.1 Å². The summed E-state index contributed by atoms with van der Waals surface area (Å²) in [5.41, 5.74) is 5.05. The van der Waals surface area contributed by atoms with E-state index in [0.717, 1.165) is 17.8 Å². The second-order valence-electron chi connectivity index (χ2n) is 3.93. The minimum Gasteiger partial charge on any atom is -0.360 e. The van der Waals surface area contributed by atoms with Crippen LogP contribution >= 0.6 is 0 Å². The molecule has 1 fully saturated rings. The molecule has 1 aliphatic rings. The first-order valence-corrected chi connectivity index (χ1v) is 5.66. The Morgan fingerprint density at radius 3 is 3.06 bits per heavy atom. The molecular weight excluding hydrogens is 218 g/mol. The van der Waals surface area contributed by atoms with Crippen molar-refractivity contribution in [3.63, 3.8) is 0 Å². The van der Waals surface area contributed by atoms with Crippen LogP contribution in [0.4, 0.5) is 5.69 Å². The van der Waals surface area contributed by atoms with Crippen molar-refractivity contribution < 1.29 is 9.63 Å². The molecule has 92 valence electrons. The molecule has 0 atom stereocenters. The lowest BCUT2D eigenvalue weighted by atomic mass is 10.1. The van der Waals surface area contributed by atoms with E-state index in [4.69, 9.17) is 4.84 Å². The minimum atomic E-state index is 0.0748. The van der Waals surface area contributed by atoms with E-state index in [0.29, 0.717) is 19.6 Å². The smallest absolute Gasteiger partial charge is 0.239 e. The lowest BCUT2D eigenvalue weighted by Gasteiger charge is -2.30. The highest BCUT2D eigenvalue weighted by Gasteiger charge is 2.18. The van der Waals surface area contributed by atoms with E-state index in [2.05, 4.69) is 15.7 Å². The molecule has 1 heterocycles. The van der Waals surface area contributed by atoms with Gasteiger partial charge >= 0.3 is 0 Å². The van der Waals surface area contributed by atoms with Crippen molar-refractivity contribution in [2.45, 2.75) is 6.54 Å². The number of anilines is 1. The van der Waals surface area contributed by atoms with Crippen molar-refractivity contribution in [2.24, 2.45) is 0 Å². The Bertz CT molecular complexity index is 395. The minimum absolute atomic E-state index is 0.0748. The van der Waals surface area contributed by atoms with Crippen molar-refractivity contribution in [1.29, 1.82) is 0 Å². The van der Waals surface area contributed by atoms with Crippen LogP contribution < -0.4 is 15.7 Å². The number of rotatable bonds is 4. The molecule has 0 unspecified atom stereocenters. The zero-order valence-electron chi connectivity index (χ0n) is 9.90. The molecule has 1 amide bonds. The largest absolute Gasteiger partial charge is 0.360 e. The number of nitrogens with one attached hydrogen (secondary N) is 2. The van der Waals surface area contributed by atoms with Gasteiger partial charge in [-0.2, -0.15) is 5.48 Å². The van der Waals surface area contributed by atoms with Crippen LogP contribution in [0.1, 0.15) is 5.56 Å². The Morgan fingerprint density at radius 2 is 2.29 bits per heavy atom. The summed E-state index contributed by atoms with van der Waals surface area (Å²) >= 11 is 0. The molecular formula is C12H17N3O2. The molecule has 1 aliphatic heterocycles. The van der Waals surface area contributed by atoms with E-state index in [1.807, 2.05) is 24.3 Å². The van der Waals surface area contributed by atoms with Crippen LogP contribution in [0, 0.1) is 0 Å². The molecule has 5 nitrogen and oxygen atoms in total. The predicted molar refractivity (Wildman–Crippen MR) is 65.5 cm³/mol.